The largest absolute Gasteiger partial charge is 0.416 e. The van der Waals surface area contributed by atoms with Crippen LogP contribution >= 0.6 is 11.6 Å². The Morgan fingerprint density at radius 3 is 2.58 bits per heavy atom. The van der Waals surface area contributed by atoms with Crippen molar-refractivity contribution in [2.45, 2.75) is 45.6 Å². The van der Waals surface area contributed by atoms with E-state index in [4.69, 9.17) is 16.3 Å². The lowest BCUT2D eigenvalue weighted by Crippen LogP contribution is -2.38. The highest BCUT2D eigenvalue weighted by molar-refractivity contribution is 6.33. The number of ether oxygens (including phenoxy) is 1. The quantitative estimate of drug-likeness (QED) is 0.471. The van der Waals surface area contributed by atoms with Crippen molar-refractivity contribution in [3.63, 3.8) is 0 Å². The van der Waals surface area contributed by atoms with Gasteiger partial charge in [-0.05, 0) is 51.1 Å². The summed E-state index contributed by atoms with van der Waals surface area (Å²) in [5, 5.41) is 3.21. The molecule has 1 saturated heterocycles. The number of aryl methyl sites for hydroxylation is 1. The SMILES string of the molecule is CCO[C@H]1CN(c2ccccn2)C[C@H]1Nc1c(C)nc(-c2ccc(C(F)(F)F)cc2Cl)n(CC)c1=O. The lowest BCUT2D eigenvalue weighted by atomic mass is 10.1. The Balaban J connectivity index is 1.68. The van der Waals surface area contributed by atoms with Crippen LogP contribution in [0.1, 0.15) is 25.1 Å². The third-order valence-electron chi connectivity index (χ3n) is 6.15. The van der Waals surface area contributed by atoms with Crippen LogP contribution in [-0.2, 0) is 17.5 Å². The third kappa shape index (κ3) is 5.19. The molecule has 7 nitrogen and oxygen atoms in total. The van der Waals surface area contributed by atoms with Crippen LogP contribution in [0.2, 0.25) is 5.02 Å². The average Bonchev–Trinajstić information content (AvgIpc) is 3.24. The van der Waals surface area contributed by atoms with E-state index in [1.165, 1.54) is 10.6 Å². The summed E-state index contributed by atoms with van der Waals surface area (Å²) in [5.41, 5.74) is -0.198. The Morgan fingerprint density at radius 1 is 1.19 bits per heavy atom. The topological polar surface area (TPSA) is 72.3 Å². The molecule has 0 unspecified atom stereocenters. The average molecular weight is 522 g/mol. The lowest BCUT2D eigenvalue weighted by molar-refractivity contribution is -0.137. The number of aromatic nitrogens is 3. The van der Waals surface area contributed by atoms with Gasteiger partial charge in [0.1, 0.15) is 17.3 Å². The molecule has 2 atom stereocenters. The highest BCUT2D eigenvalue weighted by atomic mass is 35.5. The molecular formula is C25H27ClF3N5O2. The van der Waals surface area contributed by atoms with E-state index in [9.17, 15) is 18.0 Å². The van der Waals surface area contributed by atoms with Crippen LogP contribution in [0.15, 0.2) is 47.4 Å². The molecule has 1 aromatic carbocycles. The van der Waals surface area contributed by atoms with E-state index >= 15 is 0 Å². The molecule has 0 bridgehead atoms. The highest BCUT2D eigenvalue weighted by Crippen LogP contribution is 2.35. The summed E-state index contributed by atoms with van der Waals surface area (Å²) < 4.78 is 46.6. The second-order valence-electron chi connectivity index (χ2n) is 8.48. The standard InChI is InChI=1S/C25H27ClF3N5O2/c1-4-34-23(17-10-9-16(12-18(17)26)25(27,28)29)31-15(3)22(24(34)35)32-19-13-33(14-20(19)36-5-2)21-8-6-7-11-30-21/h6-12,19-20,32H,4-5,13-14H2,1-3H3/t19-,20+/m1/s1. The first-order chi connectivity index (χ1) is 17.1. The van der Waals surface area contributed by atoms with Crippen LogP contribution in [0.5, 0.6) is 0 Å². The van der Waals surface area contributed by atoms with Gasteiger partial charge in [0.25, 0.3) is 5.56 Å². The van der Waals surface area contributed by atoms with Crippen LogP contribution in [-0.4, -0.2) is 46.4 Å². The Labute approximate surface area is 211 Å². The predicted molar refractivity (Wildman–Crippen MR) is 134 cm³/mol. The first-order valence-electron chi connectivity index (χ1n) is 11.7. The molecule has 0 spiro atoms. The number of halogens is 4. The zero-order valence-corrected chi connectivity index (χ0v) is 20.9. The molecule has 3 heterocycles. The molecule has 1 aliphatic rings. The number of hydrogen-bond donors (Lipinski definition) is 1. The summed E-state index contributed by atoms with van der Waals surface area (Å²) in [6, 6.07) is 8.52. The van der Waals surface area contributed by atoms with Gasteiger partial charge in [0.05, 0.1) is 28.4 Å². The van der Waals surface area contributed by atoms with E-state index in [-0.39, 0.29) is 40.7 Å². The second kappa shape index (κ2) is 10.5. The highest BCUT2D eigenvalue weighted by Gasteiger charge is 2.35. The molecule has 1 aliphatic heterocycles. The van der Waals surface area contributed by atoms with Crippen molar-refractivity contribution >= 4 is 23.1 Å². The van der Waals surface area contributed by atoms with Crippen LogP contribution in [0.3, 0.4) is 0 Å². The van der Waals surface area contributed by atoms with Crippen LogP contribution in [0.4, 0.5) is 24.7 Å². The van der Waals surface area contributed by atoms with Gasteiger partial charge in [-0.2, -0.15) is 13.2 Å². The van der Waals surface area contributed by atoms with Gasteiger partial charge in [-0.25, -0.2) is 9.97 Å². The maximum Gasteiger partial charge on any atom is 0.416 e. The fourth-order valence-corrected chi connectivity index (χ4v) is 4.67. The van der Waals surface area contributed by atoms with Crippen molar-refractivity contribution in [1.29, 1.82) is 0 Å². The Kier molecular flexibility index (Phi) is 7.56. The molecule has 0 aliphatic carbocycles. The van der Waals surface area contributed by atoms with Gasteiger partial charge in [0.2, 0.25) is 0 Å². The number of rotatable bonds is 7. The van der Waals surface area contributed by atoms with E-state index in [1.54, 1.807) is 20.0 Å². The van der Waals surface area contributed by atoms with Crippen molar-refractivity contribution in [2.24, 2.45) is 0 Å². The smallest absolute Gasteiger partial charge is 0.374 e. The van der Waals surface area contributed by atoms with Gasteiger partial charge in [-0.1, -0.05) is 17.7 Å². The lowest BCUT2D eigenvalue weighted by Gasteiger charge is -2.22. The van der Waals surface area contributed by atoms with Gasteiger partial charge >= 0.3 is 6.18 Å². The predicted octanol–water partition coefficient (Wildman–Crippen LogP) is 5.01. The number of alkyl halides is 3. The van der Waals surface area contributed by atoms with Crippen LogP contribution in [0.25, 0.3) is 11.4 Å². The zero-order chi connectivity index (χ0) is 26.0. The summed E-state index contributed by atoms with van der Waals surface area (Å²) in [6.45, 7) is 7.32. The summed E-state index contributed by atoms with van der Waals surface area (Å²) in [6.07, 6.45) is -2.98. The molecule has 2 aromatic heterocycles. The minimum Gasteiger partial charge on any atom is -0.374 e. The third-order valence-corrected chi connectivity index (χ3v) is 6.47. The number of nitrogens with zero attached hydrogens (tertiary/aromatic N) is 4. The van der Waals surface area contributed by atoms with Crippen molar-refractivity contribution < 1.29 is 17.9 Å². The van der Waals surface area contributed by atoms with E-state index in [2.05, 4.69) is 20.2 Å². The van der Waals surface area contributed by atoms with Crippen molar-refractivity contribution in [3.8, 4) is 11.4 Å². The van der Waals surface area contributed by atoms with Crippen molar-refractivity contribution in [2.75, 3.05) is 29.9 Å². The number of anilines is 2. The maximum atomic E-state index is 13.5. The molecule has 1 fully saturated rings. The van der Waals surface area contributed by atoms with E-state index in [0.29, 0.717) is 31.1 Å². The normalized spacial score (nSPS) is 18.0. The molecule has 3 aromatic rings. The number of hydrogen-bond acceptors (Lipinski definition) is 6. The van der Waals surface area contributed by atoms with E-state index in [1.807, 2.05) is 25.1 Å². The van der Waals surface area contributed by atoms with Gasteiger partial charge < -0.3 is 15.0 Å². The van der Waals surface area contributed by atoms with E-state index < -0.39 is 11.7 Å². The molecule has 4 rings (SSSR count). The maximum absolute atomic E-state index is 13.5. The number of benzene rings is 1. The molecule has 0 saturated carbocycles. The van der Waals surface area contributed by atoms with Crippen LogP contribution in [0, 0.1) is 6.92 Å². The number of nitrogens with one attached hydrogen (secondary N) is 1. The monoisotopic (exact) mass is 521 g/mol. The van der Waals surface area contributed by atoms with Gasteiger partial charge in [-0.15, -0.1) is 0 Å². The van der Waals surface area contributed by atoms with Gasteiger partial charge in [0, 0.05) is 38.0 Å². The Morgan fingerprint density at radius 2 is 1.97 bits per heavy atom. The van der Waals surface area contributed by atoms with E-state index in [0.717, 1.165) is 18.0 Å². The number of pyridine rings is 1. The molecular weight excluding hydrogens is 495 g/mol. The van der Waals surface area contributed by atoms with Crippen molar-refractivity contribution in [3.05, 3.63) is 69.2 Å². The summed E-state index contributed by atoms with van der Waals surface area (Å²) >= 11 is 6.21. The fraction of sp³-hybridized carbons (Fsp3) is 0.400. The van der Waals surface area contributed by atoms with Crippen molar-refractivity contribution in [1.82, 2.24) is 14.5 Å². The first kappa shape index (κ1) is 26.0. The summed E-state index contributed by atoms with van der Waals surface area (Å²) in [4.78, 5) is 24.6. The van der Waals surface area contributed by atoms with Gasteiger partial charge in [0.15, 0.2) is 0 Å². The van der Waals surface area contributed by atoms with Crippen LogP contribution < -0.4 is 15.8 Å². The molecule has 1 N–H and O–H groups in total. The van der Waals surface area contributed by atoms with Gasteiger partial charge in [-0.3, -0.25) is 9.36 Å². The Hall–Kier alpha value is -3.11. The molecule has 0 radical (unpaired) electrons. The molecule has 36 heavy (non-hydrogen) atoms. The summed E-state index contributed by atoms with van der Waals surface area (Å²) in [5.74, 6) is 1.03. The zero-order valence-electron chi connectivity index (χ0n) is 20.1. The first-order valence-corrected chi connectivity index (χ1v) is 12.0. The minimum atomic E-state index is -4.52. The minimum absolute atomic E-state index is 0.128. The molecule has 11 heteroatoms. The second-order valence-corrected chi connectivity index (χ2v) is 8.88. The molecule has 0 amide bonds. The fourth-order valence-electron chi connectivity index (χ4n) is 4.41. The molecule has 192 valence electrons. The Bertz CT molecular complexity index is 1280. The summed E-state index contributed by atoms with van der Waals surface area (Å²) in [7, 11) is 0.